The number of aliphatic hydroxyl groups excluding tert-OH is 1. The lowest BCUT2D eigenvalue weighted by atomic mass is 10.1. The second-order valence-corrected chi connectivity index (χ2v) is 6.03. The molecule has 0 saturated heterocycles. The Morgan fingerprint density at radius 3 is 2.33 bits per heavy atom. The van der Waals surface area contributed by atoms with Gasteiger partial charge in [0.05, 0.1) is 18.3 Å². The van der Waals surface area contributed by atoms with Gasteiger partial charge >= 0.3 is 0 Å². The normalized spacial score (nSPS) is 22.1. The predicted molar refractivity (Wildman–Crippen MR) is 71.9 cm³/mol. The number of aliphatic hydroxyl groups is 1. The molecule has 0 atom stereocenters. The van der Waals surface area contributed by atoms with E-state index in [-0.39, 0.29) is 6.61 Å². The average Bonchev–Trinajstić information content (AvgIpc) is 3.18. The maximum absolute atomic E-state index is 9.51. The molecule has 18 heavy (non-hydrogen) atoms. The number of rotatable bonds is 3. The highest BCUT2D eigenvalue weighted by molar-refractivity contribution is 6.30. The summed E-state index contributed by atoms with van der Waals surface area (Å²) in [6.07, 6.45) is 9.96. The van der Waals surface area contributed by atoms with Crippen molar-refractivity contribution >= 4 is 11.6 Å². The Kier molecular flexibility index (Phi) is 3.62. The topological polar surface area (TPSA) is 38.1 Å². The summed E-state index contributed by atoms with van der Waals surface area (Å²) in [6, 6.07) is 0.442. The van der Waals surface area contributed by atoms with Crippen molar-refractivity contribution in [3.8, 4) is 0 Å². The molecule has 0 amide bonds. The third-order valence-corrected chi connectivity index (χ3v) is 4.67. The first-order chi connectivity index (χ1) is 8.81. The van der Waals surface area contributed by atoms with Gasteiger partial charge in [-0.1, -0.05) is 37.3 Å². The van der Waals surface area contributed by atoms with E-state index in [9.17, 15) is 5.11 Å². The summed E-state index contributed by atoms with van der Waals surface area (Å²) in [5.41, 5.74) is 1.94. The fraction of sp³-hybridized carbons (Fsp3) is 0.786. The molecule has 4 heteroatoms. The lowest BCUT2D eigenvalue weighted by molar-refractivity contribution is 0.280. The third kappa shape index (κ3) is 2.30. The second kappa shape index (κ2) is 5.22. The average molecular weight is 269 g/mol. The van der Waals surface area contributed by atoms with Crippen LogP contribution in [0.15, 0.2) is 0 Å². The molecule has 3 nitrogen and oxygen atoms in total. The van der Waals surface area contributed by atoms with Gasteiger partial charge in [-0.2, -0.15) is 5.10 Å². The monoisotopic (exact) mass is 268 g/mol. The van der Waals surface area contributed by atoms with Crippen LogP contribution in [-0.2, 0) is 6.61 Å². The number of hydrogen-bond acceptors (Lipinski definition) is 2. The van der Waals surface area contributed by atoms with Gasteiger partial charge in [-0.25, -0.2) is 0 Å². The van der Waals surface area contributed by atoms with E-state index >= 15 is 0 Å². The quantitative estimate of drug-likeness (QED) is 0.847. The first kappa shape index (κ1) is 12.5. The summed E-state index contributed by atoms with van der Waals surface area (Å²) < 4.78 is 2.01. The highest BCUT2D eigenvalue weighted by Crippen LogP contribution is 2.43. The Bertz CT molecular complexity index is 418. The van der Waals surface area contributed by atoms with Gasteiger partial charge in [-0.15, -0.1) is 0 Å². The standard InChI is InChI=1S/C14H21ClN2O/c15-14-12(9-18)13(10-7-8-10)16-17(14)11-5-3-1-2-4-6-11/h10-11,18H,1-9H2. The van der Waals surface area contributed by atoms with Crippen LogP contribution < -0.4 is 0 Å². The summed E-state index contributed by atoms with van der Waals surface area (Å²) in [5.74, 6) is 0.552. The number of aromatic nitrogens is 2. The number of nitrogens with zero attached hydrogens (tertiary/aromatic N) is 2. The Hall–Kier alpha value is -0.540. The minimum atomic E-state index is 0.0252. The Morgan fingerprint density at radius 2 is 1.78 bits per heavy atom. The van der Waals surface area contributed by atoms with Crippen LogP contribution in [-0.4, -0.2) is 14.9 Å². The van der Waals surface area contributed by atoms with E-state index in [0.717, 1.165) is 11.3 Å². The van der Waals surface area contributed by atoms with Gasteiger partial charge in [0.2, 0.25) is 0 Å². The summed E-state index contributed by atoms with van der Waals surface area (Å²) in [7, 11) is 0. The molecule has 100 valence electrons. The number of hydrogen-bond donors (Lipinski definition) is 1. The van der Waals surface area contributed by atoms with Gasteiger partial charge in [0.1, 0.15) is 5.15 Å². The summed E-state index contributed by atoms with van der Waals surface area (Å²) >= 11 is 6.43. The van der Waals surface area contributed by atoms with Crippen LogP contribution in [0, 0.1) is 0 Å². The lowest BCUT2D eigenvalue weighted by Gasteiger charge is -2.15. The Balaban J connectivity index is 1.90. The smallest absolute Gasteiger partial charge is 0.133 e. The molecule has 0 spiro atoms. The zero-order valence-corrected chi connectivity index (χ0v) is 11.5. The van der Waals surface area contributed by atoms with E-state index < -0.39 is 0 Å². The highest BCUT2D eigenvalue weighted by atomic mass is 35.5. The van der Waals surface area contributed by atoms with Crippen LogP contribution in [0.5, 0.6) is 0 Å². The maximum Gasteiger partial charge on any atom is 0.133 e. The molecule has 1 aromatic rings. The summed E-state index contributed by atoms with van der Waals surface area (Å²) in [5, 5.41) is 14.9. The summed E-state index contributed by atoms with van der Waals surface area (Å²) in [6.45, 7) is 0.0252. The van der Waals surface area contributed by atoms with Gasteiger partial charge in [-0.05, 0) is 25.7 Å². The fourth-order valence-electron chi connectivity index (χ4n) is 3.04. The van der Waals surface area contributed by atoms with E-state index in [1.54, 1.807) is 0 Å². The third-order valence-electron chi connectivity index (χ3n) is 4.27. The minimum absolute atomic E-state index is 0.0252. The van der Waals surface area contributed by atoms with E-state index in [1.165, 1.54) is 51.4 Å². The van der Waals surface area contributed by atoms with Crippen LogP contribution in [0.1, 0.15) is 74.6 Å². The molecular formula is C14H21ClN2O. The van der Waals surface area contributed by atoms with Crippen molar-refractivity contribution in [1.29, 1.82) is 0 Å². The van der Waals surface area contributed by atoms with Gasteiger partial charge in [-0.3, -0.25) is 4.68 Å². The van der Waals surface area contributed by atoms with Crippen molar-refractivity contribution in [3.05, 3.63) is 16.4 Å². The molecule has 0 aliphatic heterocycles. The molecule has 2 saturated carbocycles. The minimum Gasteiger partial charge on any atom is -0.391 e. The SMILES string of the molecule is OCc1c(C2CC2)nn(C2CCCCCC2)c1Cl. The summed E-state index contributed by atoms with van der Waals surface area (Å²) in [4.78, 5) is 0. The van der Waals surface area contributed by atoms with Crippen molar-refractivity contribution in [1.82, 2.24) is 9.78 Å². The van der Waals surface area contributed by atoms with Crippen molar-refractivity contribution in [2.24, 2.45) is 0 Å². The lowest BCUT2D eigenvalue weighted by Crippen LogP contribution is -2.10. The van der Waals surface area contributed by atoms with E-state index in [2.05, 4.69) is 0 Å². The molecule has 2 aliphatic rings. The fourth-order valence-corrected chi connectivity index (χ4v) is 3.37. The first-order valence-electron chi connectivity index (χ1n) is 7.19. The molecule has 1 aromatic heterocycles. The molecule has 2 fully saturated rings. The molecule has 2 aliphatic carbocycles. The van der Waals surface area contributed by atoms with Crippen LogP contribution in [0.25, 0.3) is 0 Å². The molecule has 1 heterocycles. The molecule has 0 bridgehead atoms. The molecule has 0 radical (unpaired) electrons. The van der Waals surface area contributed by atoms with Crippen molar-refractivity contribution in [2.75, 3.05) is 0 Å². The van der Waals surface area contributed by atoms with Gasteiger partial charge in [0.25, 0.3) is 0 Å². The zero-order chi connectivity index (χ0) is 12.5. The molecular weight excluding hydrogens is 248 g/mol. The van der Waals surface area contributed by atoms with E-state index in [0.29, 0.717) is 17.1 Å². The van der Waals surface area contributed by atoms with Crippen LogP contribution >= 0.6 is 11.6 Å². The first-order valence-corrected chi connectivity index (χ1v) is 7.56. The molecule has 0 aromatic carbocycles. The van der Waals surface area contributed by atoms with Crippen molar-refractivity contribution < 1.29 is 5.11 Å². The molecule has 0 unspecified atom stereocenters. The van der Waals surface area contributed by atoms with Gasteiger partial charge < -0.3 is 5.11 Å². The van der Waals surface area contributed by atoms with E-state index in [4.69, 9.17) is 16.7 Å². The van der Waals surface area contributed by atoms with Crippen molar-refractivity contribution in [3.63, 3.8) is 0 Å². The highest BCUT2D eigenvalue weighted by Gasteiger charge is 2.32. The second-order valence-electron chi connectivity index (χ2n) is 5.68. The number of halogens is 1. The van der Waals surface area contributed by atoms with Crippen LogP contribution in [0.4, 0.5) is 0 Å². The van der Waals surface area contributed by atoms with Crippen LogP contribution in [0.2, 0.25) is 5.15 Å². The van der Waals surface area contributed by atoms with Crippen LogP contribution in [0.3, 0.4) is 0 Å². The van der Waals surface area contributed by atoms with Crippen molar-refractivity contribution in [2.45, 2.75) is 69.9 Å². The largest absolute Gasteiger partial charge is 0.391 e. The molecule has 1 N–H and O–H groups in total. The predicted octanol–water partition coefficient (Wildman–Crippen LogP) is 3.80. The Labute approximate surface area is 113 Å². The zero-order valence-electron chi connectivity index (χ0n) is 10.7. The maximum atomic E-state index is 9.51. The molecule has 3 rings (SSSR count). The van der Waals surface area contributed by atoms with Gasteiger partial charge in [0.15, 0.2) is 0 Å². The Morgan fingerprint density at radius 1 is 1.11 bits per heavy atom. The van der Waals surface area contributed by atoms with E-state index in [1.807, 2.05) is 4.68 Å². The van der Waals surface area contributed by atoms with Gasteiger partial charge in [0, 0.05) is 11.5 Å².